The first kappa shape index (κ1) is 36.5. The van der Waals surface area contributed by atoms with Crippen LogP contribution in [0.4, 0.5) is 14.0 Å². The Kier molecular flexibility index (Phi) is 13.3. The minimum Gasteiger partial charge on any atom is -0.469 e. The Morgan fingerprint density at radius 2 is 1.53 bits per heavy atom. The van der Waals surface area contributed by atoms with E-state index < -0.39 is 66.1 Å². The number of esters is 2. The molecule has 0 radical (unpaired) electrons. The van der Waals surface area contributed by atoms with Gasteiger partial charge in [-0.15, -0.1) is 0 Å². The van der Waals surface area contributed by atoms with Crippen LogP contribution in [-0.2, 0) is 41.7 Å². The van der Waals surface area contributed by atoms with Gasteiger partial charge in [-0.05, 0) is 65.3 Å². The number of ether oxygens (including phenoxy) is 4. The molecular weight excluding hydrogens is 589 g/mol. The minimum absolute atomic E-state index is 0.0487. The fourth-order valence-electron chi connectivity index (χ4n) is 3.82. The van der Waals surface area contributed by atoms with Gasteiger partial charge in [0.05, 0.1) is 19.1 Å². The van der Waals surface area contributed by atoms with Gasteiger partial charge in [-0.2, -0.15) is 0 Å². The summed E-state index contributed by atoms with van der Waals surface area (Å²) in [6.45, 7) is 9.30. The van der Waals surface area contributed by atoms with Gasteiger partial charge in [0.25, 0.3) is 0 Å². The molecule has 0 saturated carbocycles. The van der Waals surface area contributed by atoms with Crippen molar-refractivity contribution < 1.29 is 47.3 Å². The maximum Gasteiger partial charge on any atom is 0.408 e. The maximum atomic E-state index is 15.0. The molecule has 0 saturated heterocycles. The fourth-order valence-corrected chi connectivity index (χ4v) is 3.82. The van der Waals surface area contributed by atoms with Crippen molar-refractivity contribution >= 4 is 30.0 Å². The minimum atomic E-state index is -1.47. The second-order valence-electron chi connectivity index (χ2n) is 12.0. The summed E-state index contributed by atoms with van der Waals surface area (Å²) in [5.74, 6) is -3.02. The molecular formula is C32H42FN3O9. The van der Waals surface area contributed by atoms with E-state index in [1.807, 2.05) is 0 Å². The third-order valence-corrected chi connectivity index (χ3v) is 5.80. The van der Waals surface area contributed by atoms with E-state index in [-0.39, 0.29) is 30.8 Å². The number of amides is 3. The van der Waals surface area contributed by atoms with E-state index in [2.05, 4.69) is 10.6 Å². The van der Waals surface area contributed by atoms with Crippen LogP contribution in [0, 0.1) is 5.82 Å². The number of halogens is 1. The van der Waals surface area contributed by atoms with Gasteiger partial charge in [-0.3, -0.25) is 9.59 Å². The molecule has 0 aromatic heterocycles. The van der Waals surface area contributed by atoms with Crippen LogP contribution >= 0.6 is 0 Å². The van der Waals surface area contributed by atoms with Gasteiger partial charge in [-0.1, -0.05) is 30.3 Å². The van der Waals surface area contributed by atoms with Crippen molar-refractivity contribution in [2.45, 2.75) is 78.4 Å². The molecule has 3 amide bonds. The molecule has 0 fully saturated rings. The Balaban J connectivity index is 2.33. The molecule has 2 aromatic carbocycles. The van der Waals surface area contributed by atoms with E-state index in [1.54, 1.807) is 71.9 Å². The number of hydrogen-bond acceptors (Lipinski definition) is 9. The summed E-state index contributed by atoms with van der Waals surface area (Å²) in [6, 6.07) is 10.9. The normalized spacial score (nSPS) is 11.9. The highest BCUT2D eigenvalue weighted by molar-refractivity contribution is 5.91. The highest BCUT2D eigenvalue weighted by atomic mass is 19.1. The number of nitrogens with one attached hydrogen (secondary N) is 2. The summed E-state index contributed by atoms with van der Waals surface area (Å²) in [4.78, 5) is 64.7. The van der Waals surface area contributed by atoms with E-state index in [1.165, 1.54) is 12.1 Å². The van der Waals surface area contributed by atoms with E-state index in [4.69, 9.17) is 18.9 Å². The van der Waals surface area contributed by atoms with Crippen molar-refractivity contribution in [3.8, 4) is 0 Å². The molecule has 0 aliphatic rings. The predicted molar refractivity (Wildman–Crippen MR) is 161 cm³/mol. The lowest BCUT2D eigenvalue weighted by Crippen LogP contribution is -2.51. The van der Waals surface area contributed by atoms with E-state index in [0.29, 0.717) is 5.56 Å². The summed E-state index contributed by atoms with van der Waals surface area (Å²) in [6.07, 6.45) is -2.29. The van der Waals surface area contributed by atoms with Gasteiger partial charge < -0.3 is 34.5 Å². The van der Waals surface area contributed by atoms with Crippen molar-refractivity contribution in [2.24, 2.45) is 0 Å². The first-order valence-electron chi connectivity index (χ1n) is 14.3. The highest BCUT2D eigenvalue weighted by Gasteiger charge is 2.30. The zero-order chi connectivity index (χ0) is 33.8. The molecule has 13 heteroatoms. The van der Waals surface area contributed by atoms with E-state index in [9.17, 15) is 24.0 Å². The molecule has 0 aliphatic heterocycles. The quantitative estimate of drug-likeness (QED) is 0.255. The van der Waals surface area contributed by atoms with Crippen LogP contribution in [-0.4, -0.2) is 72.4 Å². The van der Waals surface area contributed by atoms with Crippen molar-refractivity contribution in [1.29, 1.82) is 0 Å². The number of rotatable bonds is 12. The van der Waals surface area contributed by atoms with E-state index >= 15 is 4.39 Å². The maximum absolute atomic E-state index is 15.0. The largest absolute Gasteiger partial charge is 0.469 e. The number of alkyl carbamates (subject to hydrolysis) is 2. The Bertz CT molecular complexity index is 1340. The van der Waals surface area contributed by atoms with Crippen LogP contribution in [0.15, 0.2) is 48.5 Å². The van der Waals surface area contributed by atoms with Crippen LogP contribution < -0.4 is 10.6 Å². The lowest BCUT2D eigenvalue weighted by atomic mass is 10.1. The van der Waals surface area contributed by atoms with Crippen LogP contribution in [0.1, 0.15) is 69.4 Å². The monoisotopic (exact) mass is 631 g/mol. The number of nitrogens with zero attached hydrogens (tertiary/aromatic N) is 1. The Hall–Kier alpha value is -4.68. The van der Waals surface area contributed by atoms with Gasteiger partial charge in [-0.25, -0.2) is 18.8 Å². The Morgan fingerprint density at radius 3 is 2.13 bits per heavy atom. The average molecular weight is 632 g/mol. The predicted octanol–water partition coefficient (Wildman–Crippen LogP) is 4.49. The van der Waals surface area contributed by atoms with Crippen LogP contribution in [0.3, 0.4) is 0 Å². The molecule has 1 atom stereocenters. The molecule has 0 bridgehead atoms. The van der Waals surface area contributed by atoms with E-state index in [0.717, 1.165) is 18.1 Å². The summed E-state index contributed by atoms with van der Waals surface area (Å²) in [7, 11) is 1.12. The summed E-state index contributed by atoms with van der Waals surface area (Å²) < 4.78 is 35.6. The van der Waals surface area contributed by atoms with Crippen LogP contribution in [0.5, 0.6) is 0 Å². The number of carbonyl (C=O) groups excluding carboxylic acids is 5. The average Bonchev–Trinajstić information content (AvgIpc) is 2.94. The van der Waals surface area contributed by atoms with Crippen molar-refractivity contribution in [1.82, 2.24) is 15.5 Å². The van der Waals surface area contributed by atoms with Crippen molar-refractivity contribution in [3.63, 3.8) is 0 Å². The number of benzene rings is 2. The molecule has 0 aliphatic carbocycles. The topological polar surface area (TPSA) is 150 Å². The summed E-state index contributed by atoms with van der Waals surface area (Å²) >= 11 is 0. The van der Waals surface area contributed by atoms with Crippen molar-refractivity contribution in [3.05, 3.63) is 71.0 Å². The molecule has 2 aromatic rings. The second-order valence-corrected chi connectivity index (χ2v) is 12.0. The van der Waals surface area contributed by atoms with Crippen LogP contribution in [0.25, 0.3) is 0 Å². The standard InChI is InChI=1S/C32H42FN3O9/c1-31(2,3)44-28(39)22-13-14-24(33)23(17-22)19-36(16-15-34-29(40)45-32(4,5)6)27(38)25(18-26(37)42-7)35-30(41)43-20-21-11-9-8-10-12-21/h8-14,17,25H,15-16,18-20H2,1-7H3,(H,34,40)(H,35,41)/t25-/m0/s1. The lowest BCUT2D eigenvalue weighted by Gasteiger charge is -2.28. The van der Waals surface area contributed by atoms with Gasteiger partial charge in [0.1, 0.15) is 29.7 Å². The van der Waals surface area contributed by atoms with Gasteiger partial charge in [0, 0.05) is 25.2 Å². The lowest BCUT2D eigenvalue weighted by molar-refractivity contribution is -0.145. The molecule has 2 rings (SSSR count). The zero-order valence-electron chi connectivity index (χ0n) is 26.7. The van der Waals surface area contributed by atoms with Gasteiger partial charge in [0.2, 0.25) is 5.91 Å². The Labute approximate surface area is 262 Å². The zero-order valence-corrected chi connectivity index (χ0v) is 26.7. The molecule has 45 heavy (non-hydrogen) atoms. The first-order valence-corrected chi connectivity index (χ1v) is 14.3. The van der Waals surface area contributed by atoms with Gasteiger partial charge in [0.15, 0.2) is 0 Å². The Morgan fingerprint density at radius 1 is 0.889 bits per heavy atom. The second kappa shape index (κ2) is 16.4. The molecule has 0 heterocycles. The summed E-state index contributed by atoms with van der Waals surface area (Å²) in [5, 5.41) is 4.91. The highest BCUT2D eigenvalue weighted by Crippen LogP contribution is 2.18. The molecule has 2 N–H and O–H groups in total. The number of methoxy groups -OCH3 is 1. The SMILES string of the molecule is COC(=O)C[C@H](NC(=O)OCc1ccccc1)C(=O)N(CCNC(=O)OC(C)(C)C)Cc1cc(C(=O)OC(C)(C)C)ccc1F. The van der Waals surface area contributed by atoms with Crippen LogP contribution in [0.2, 0.25) is 0 Å². The fraction of sp³-hybridized carbons (Fsp3) is 0.469. The summed E-state index contributed by atoms with van der Waals surface area (Å²) in [5.41, 5.74) is -0.885. The third kappa shape index (κ3) is 13.7. The molecule has 0 unspecified atom stereocenters. The van der Waals surface area contributed by atoms with Crippen molar-refractivity contribution in [2.75, 3.05) is 20.2 Å². The first-order chi connectivity index (χ1) is 21.0. The number of hydrogen-bond donors (Lipinski definition) is 2. The smallest absolute Gasteiger partial charge is 0.408 e. The molecule has 0 spiro atoms. The van der Waals surface area contributed by atoms with Gasteiger partial charge >= 0.3 is 24.1 Å². The molecule has 12 nitrogen and oxygen atoms in total. The molecule has 246 valence electrons. The third-order valence-electron chi connectivity index (χ3n) is 5.80. The number of carbonyl (C=O) groups is 5.